The number of fused-ring (bicyclic) bond motifs is 1. The van der Waals surface area contributed by atoms with Crippen LogP contribution in [-0.2, 0) is 16.6 Å². The van der Waals surface area contributed by atoms with E-state index in [0.717, 1.165) is 6.07 Å². The number of nitriles is 1. The average Bonchev–Trinajstić information content (AvgIpc) is 3.18. The Hall–Kier alpha value is -3.25. The largest absolute Gasteiger partial charge is 0.435 e. The Morgan fingerprint density at radius 1 is 0.969 bits per heavy atom. The van der Waals surface area contributed by atoms with Gasteiger partial charge in [0.25, 0.3) is 5.60 Å². The molecule has 1 atom stereocenters. The third-order valence-corrected chi connectivity index (χ3v) is 5.45. The van der Waals surface area contributed by atoms with Crippen LogP contribution in [0.1, 0.15) is 28.7 Å². The summed E-state index contributed by atoms with van der Waals surface area (Å²) in [5.74, 6) is 0. The van der Waals surface area contributed by atoms with Gasteiger partial charge in [0.1, 0.15) is 0 Å². The zero-order chi connectivity index (χ0) is 23.3. The average molecular weight is 469 g/mol. The first-order valence-corrected chi connectivity index (χ1v) is 9.46. The van der Waals surface area contributed by atoms with E-state index in [9.17, 15) is 31.6 Å². The number of nitrogens with zero attached hydrogens (tertiary/aromatic N) is 2. The molecule has 0 aromatic heterocycles. The van der Waals surface area contributed by atoms with Crippen molar-refractivity contribution in [1.82, 2.24) is 0 Å². The van der Waals surface area contributed by atoms with Crippen LogP contribution in [0, 0.1) is 11.3 Å². The molecule has 0 spiro atoms. The van der Waals surface area contributed by atoms with Crippen LogP contribution >= 0.6 is 11.6 Å². The predicted molar refractivity (Wildman–Crippen MR) is 105 cm³/mol. The Kier molecular flexibility index (Phi) is 5.09. The second-order valence-corrected chi connectivity index (χ2v) is 7.61. The first-order chi connectivity index (χ1) is 15.0. The summed E-state index contributed by atoms with van der Waals surface area (Å²) < 4.78 is 82.3. The molecule has 0 saturated heterocycles. The lowest BCUT2D eigenvalue weighted by Crippen LogP contribution is -2.43. The molecule has 10 heteroatoms. The van der Waals surface area contributed by atoms with Gasteiger partial charge >= 0.3 is 12.4 Å². The summed E-state index contributed by atoms with van der Waals surface area (Å²) >= 11 is 5.72. The highest BCUT2D eigenvalue weighted by atomic mass is 35.5. The van der Waals surface area contributed by atoms with Gasteiger partial charge in [-0.2, -0.15) is 31.6 Å². The monoisotopic (exact) mass is 468 g/mol. The van der Waals surface area contributed by atoms with Crippen molar-refractivity contribution in [2.75, 3.05) is 0 Å². The fraction of sp³-hybridized carbons (Fsp3) is 0.182. The van der Waals surface area contributed by atoms with Crippen LogP contribution in [-0.4, -0.2) is 11.9 Å². The summed E-state index contributed by atoms with van der Waals surface area (Å²) in [4.78, 5) is 4.86. The van der Waals surface area contributed by atoms with Crippen molar-refractivity contribution in [3.8, 4) is 6.07 Å². The summed E-state index contributed by atoms with van der Waals surface area (Å²) in [6, 6.07) is 13.2. The van der Waals surface area contributed by atoms with Crippen LogP contribution in [0.25, 0.3) is 10.8 Å². The van der Waals surface area contributed by atoms with E-state index in [1.807, 2.05) is 6.07 Å². The molecule has 0 aliphatic carbocycles. The fourth-order valence-corrected chi connectivity index (χ4v) is 3.92. The third-order valence-electron chi connectivity index (χ3n) is 5.23. The van der Waals surface area contributed by atoms with Crippen LogP contribution in [0.2, 0.25) is 5.02 Å². The molecular formula is C22H11ClF6N2O. The van der Waals surface area contributed by atoms with Gasteiger partial charge in [-0.1, -0.05) is 47.1 Å². The van der Waals surface area contributed by atoms with Crippen LogP contribution in [0.3, 0.4) is 0 Å². The fourth-order valence-electron chi connectivity index (χ4n) is 3.68. The van der Waals surface area contributed by atoms with E-state index in [2.05, 4.69) is 5.16 Å². The molecule has 0 bridgehead atoms. The first-order valence-electron chi connectivity index (χ1n) is 9.08. The predicted octanol–water partition coefficient (Wildman–Crippen LogP) is 6.97. The van der Waals surface area contributed by atoms with Crippen LogP contribution in [0.4, 0.5) is 26.3 Å². The summed E-state index contributed by atoms with van der Waals surface area (Å²) in [6.07, 6.45) is -10.9. The van der Waals surface area contributed by atoms with Gasteiger partial charge in [0, 0.05) is 28.0 Å². The van der Waals surface area contributed by atoms with Gasteiger partial charge in [0.2, 0.25) is 0 Å². The second kappa shape index (κ2) is 7.41. The van der Waals surface area contributed by atoms with Crippen LogP contribution in [0.15, 0.2) is 59.8 Å². The quantitative estimate of drug-likeness (QED) is 0.381. The van der Waals surface area contributed by atoms with Gasteiger partial charge in [0.15, 0.2) is 0 Å². The topological polar surface area (TPSA) is 45.4 Å². The molecule has 3 aromatic rings. The maximum absolute atomic E-state index is 14.2. The van der Waals surface area contributed by atoms with E-state index in [1.165, 1.54) is 12.1 Å². The molecule has 3 aromatic carbocycles. The summed E-state index contributed by atoms with van der Waals surface area (Å²) in [6.45, 7) is 0. The van der Waals surface area contributed by atoms with Gasteiger partial charge in [0.05, 0.1) is 22.9 Å². The van der Waals surface area contributed by atoms with Crippen molar-refractivity contribution < 1.29 is 31.2 Å². The minimum atomic E-state index is -5.10. The molecule has 0 N–H and O–H groups in total. The van der Waals surface area contributed by atoms with Gasteiger partial charge in [-0.25, -0.2) is 0 Å². The van der Waals surface area contributed by atoms with E-state index in [-0.39, 0.29) is 11.3 Å². The highest BCUT2D eigenvalue weighted by Crippen LogP contribution is 2.50. The Bertz CT molecular complexity index is 1290. The molecule has 3 nitrogen and oxygen atoms in total. The lowest BCUT2D eigenvalue weighted by atomic mass is 9.84. The molecule has 1 aliphatic rings. The van der Waals surface area contributed by atoms with Crippen molar-refractivity contribution in [3.63, 3.8) is 0 Å². The zero-order valence-electron chi connectivity index (χ0n) is 15.9. The molecular weight excluding hydrogens is 458 g/mol. The molecule has 0 amide bonds. The van der Waals surface area contributed by atoms with E-state index in [4.69, 9.17) is 16.4 Å². The first kappa shape index (κ1) is 22.0. The number of rotatable bonds is 2. The molecule has 0 fully saturated rings. The number of benzene rings is 3. The van der Waals surface area contributed by atoms with Crippen LogP contribution < -0.4 is 0 Å². The number of oxime groups is 1. The van der Waals surface area contributed by atoms with Crippen molar-refractivity contribution in [2.24, 2.45) is 5.16 Å². The maximum atomic E-state index is 14.2. The molecule has 0 saturated carbocycles. The summed E-state index contributed by atoms with van der Waals surface area (Å²) in [5.41, 5.74) is -4.80. The van der Waals surface area contributed by atoms with Crippen molar-refractivity contribution >= 4 is 28.1 Å². The highest BCUT2D eigenvalue weighted by Gasteiger charge is 2.62. The lowest BCUT2D eigenvalue weighted by Gasteiger charge is -2.30. The minimum Gasteiger partial charge on any atom is -0.374 e. The van der Waals surface area contributed by atoms with Gasteiger partial charge in [-0.3, -0.25) is 0 Å². The molecule has 0 radical (unpaired) electrons. The van der Waals surface area contributed by atoms with Gasteiger partial charge in [-0.05, 0) is 29.7 Å². The Balaban J connectivity index is 1.85. The highest BCUT2D eigenvalue weighted by molar-refractivity contribution is 6.30. The Morgan fingerprint density at radius 2 is 1.66 bits per heavy atom. The number of halogens is 7. The van der Waals surface area contributed by atoms with E-state index in [0.29, 0.717) is 28.5 Å². The second-order valence-electron chi connectivity index (χ2n) is 7.18. The molecule has 4 rings (SSSR count). The third kappa shape index (κ3) is 3.54. The lowest BCUT2D eigenvalue weighted by molar-refractivity contribution is -0.276. The van der Waals surface area contributed by atoms with Gasteiger partial charge < -0.3 is 4.84 Å². The molecule has 1 heterocycles. The van der Waals surface area contributed by atoms with Crippen LogP contribution in [0.5, 0.6) is 0 Å². The Morgan fingerprint density at radius 3 is 2.28 bits per heavy atom. The van der Waals surface area contributed by atoms with Gasteiger partial charge in [-0.15, -0.1) is 0 Å². The Labute approximate surface area is 182 Å². The standard InChI is InChI=1S/C22H11ClF6N2O/c23-15-8-13(7-14(9-15)21(24,25)26)20(22(27,28)29)10-19(31-32-20)18-6-5-12(11-30)16-3-1-2-4-17(16)18/h1-9H,10H2. The number of hydrogen-bond donors (Lipinski definition) is 0. The molecule has 1 unspecified atom stereocenters. The number of hydrogen-bond acceptors (Lipinski definition) is 3. The zero-order valence-corrected chi connectivity index (χ0v) is 16.6. The van der Waals surface area contributed by atoms with E-state index in [1.54, 1.807) is 24.3 Å². The van der Waals surface area contributed by atoms with E-state index < -0.39 is 40.5 Å². The summed E-state index contributed by atoms with van der Waals surface area (Å²) in [5, 5.41) is 13.4. The number of alkyl halides is 6. The molecule has 1 aliphatic heterocycles. The normalized spacial score (nSPS) is 18.9. The van der Waals surface area contributed by atoms with Crippen molar-refractivity contribution in [2.45, 2.75) is 24.4 Å². The molecule has 164 valence electrons. The van der Waals surface area contributed by atoms with Crippen molar-refractivity contribution in [1.29, 1.82) is 5.26 Å². The van der Waals surface area contributed by atoms with Crippen molar-refractivity contribution in [3.05, 3.63) is 81.9 Å². The summed E-state index contributed by atoms with van der Waals surface area (Å²) in [7, 11) is 0. The maximum Gasteiger partial charge on any atom is 0.435 e. The minimum absolute atomic E-state index is 0.114. The smallest absolute Gasteiger partial charge is 0.374 e. The van der Waals surface area contributed by atoms with E-state index >= 15 is 0 Å². The molecule has 32 heavy (non-hydrogen) atoms. The SMILES string of the molecule is N#Cc1ccc(C2=NOC(c3cc(Cl)cc(C(F)(F)F)c3)(C(F)(F)F)C2)c2ccccc12.